The summed E-state index contributed by atoms with van der Waals surface area (Å²) in [6.07, 6.45) is 2.46. The number of carbonyl (C=O) groups excluding carboxylic acids is 1. The Labute approximate surface area is 133 Å². The van der Waals surface area contributed by atoms with Gasteiger partial charge in [-0.25, -0.2) is 17.6 Å². The minimum Gasteiger partial charge on any atom is -0.466 e. The lowest BCUT2D eigenvalue weighted by Crippen LogP contribution is -2.13. The second-order valence-corrected chi connectivity index (χ2v) is 6.19. The molecule has 0 radical (unpaired) electrons. The summed E-state index contributed by atoms with van der Waals surface area (Å²) < 4.78 is 44.8. The van der Waals surface area contributed by atoms with Gasteiger partial charge in [0.05, 0.1) is 17.7 Å². The largest absolute Gasteiger partial charge is 0.466 e. The molecular formula is C16H14FNO4S. The van der Waals surface area contributed by atoms with E-state index in [1.807, 2.05) is 0 Å². The van der Waals surface area contributed by atoms with Crippen LogP contribution < -0.4 is 4.72 Å². The predicted molar refractivity (Wildman–Crippen MR) is 84.7 cm³/mol. The van der Waals surface area contributed by atoms with Gasteiger partial charge in [-0.2, -0.15) is 0 Å². The van der Waals surface area contributed by atoms with E-state index in [2.05, 4.69) is 9.46 Å². The standard InChI is InChI=1S/C16H14FNO4S/c1-22-16(19)10-8-12-7-9-13(17)11-15(12)18-23(20,21)14-5-3-2-4-6-14/h2-11,18H,1H3/b10-8+. The van der Waals surface area contributed by atoms with Gasteiger partial charge in [0, 0.05) is 6.08 Å². The summed E-state index contributed by atoms with van der Waals surface area (Å²) in [6.45, 7) is 0. The van der Waals surface area contributed by atoms with E-state index in [4.69, 9.17) is 0 Å². The van der Waals surface area contributed by atoms with Crippen LogP contribution in [-0.2, 0) is 19.6 Å². The Bertz CT molecular complexity index is 832. The fourth-order valence-corrected chi connectivity index (χ4v) is 2.89. The first-order chi connectivity index (χ1) is 10.9. The van der Waals surface area contributed by atoms with Gasteiger partial charge in [0.1, 0.15) is 5.82 Å². The molecule has 0 atom stereocenters. The van der Waals surface area contributed by atoms with Crippen LogP contribution in [0.2, 0.25) is 0 Å². The number of hydrogen-bond acceptors (Lipinski definition) is 4. The molecule has 0 heterocycles. The fourth-order valence-electron chi connectivity index (χ4n) is 1.79. The molecule has 23 heavy (non-hydrogen) atoms. The molecule has 0 saturated heterocycles. The maximum atomic E-state index is 13.4. The number of rotatable bonds is 5. The lowest BCUT2D eigenvalue weighted by atomic mass is 10.1. The van der Waals surface area contributed by atoms with E-state index in [1.165, 1.54) is 31.4 Å². The van der Waals surface area contributed by atoms with Crippen LogP contribution in [0.15, 0.2) is 59.5 Å². The van der Waals surface area contributed by atoms with Crippen LogP contribution in [-0.4, -0.2) is 21.5 Å². The van der Waals surface area contributed by atoms with Crippen molar-refractivity contribution in [1.82, 2.24) is 0 Å². The number of methoxy groups -OCH3 is 1. The maximum Gasteiger partial charge on any atom is 0.330 e. The molecule has 2 rings (SSSR count). The summed E-state index contributed by atoms with van der Waals surface area (Å²) in [6, 6.07) is 11.3. The number of sulfonamides is 1. The van der Waals surface area contributed by atoms with Crippen LogP contribution in [0.3, 0.4) is 0 Å². The van der Waals surface area contributed by atoms with Crippen molar-refractivity contribution in [3.8, 4) is 0 Å². The second kappa shape index (κ2) is 7.06. The minimum absolute atomic E-state index is 0.0222. The molecule has 0 amide bonds. The molecule has 2 aromatic rings. The molecule has 0 fully saturated rings. The van der Waals surface area contributed by atoms with Gasteiger partial charge in [-0.3, -0.25) is 4.72 Å². The van der Waals surface area contributed by atoms with E-state index >= 15 is 0 Å². The molecule has 0 spiro atoms. The third-order valence-corrected chi connectivity index (χ3v) is 4.29. The van der Waals surface area contributed by atoms with E-state index in [9.17, 15) is 17.6 Å². The quantitative estimate of drug-likeness (QED) is 0.674. The zero-order valence-corrected chi connectivity index (χ0v) is 13.0. The molecule has 2 aromatic carbocycles. The van der Waals surface area contributed by atoms with Crippen LogP contribution in [0.5, 0.6) is 0 Å². The zero-order valence-electron chi connectivity index (χ0n) is 12.2. The summed E-state index contributed by atoms with van der Waals surface area (Å²) in [4.78, 5) is 11.2. The highest BCUT2D eigenvalue weighted by Gasteiger charge is 2.15. The zero-order chi connectivity index (χ0) is 16.9. The van der Waals surface area contributed by atoms with E-state index in [1.54, 1.807) is 18.2 Å². The minimum atomic E-state index is -3.86. The topological polar surface area (TPSA) is 72.5 Å². The first-order valence-electron chi connectivity index (χ1n) is 6.56. The van der Waals surface area contributed by atoms with E-state index in [0.717, 1.165) is 18.2 Å². The molecular weight excluding hydrogens is 321 g/mol. The van der Waals surface area contributed by atoms with Crippen molar-refractivity contribution in [2.75, 3.05) is 11.8 Å². The van der Waals surface area contributed by atoms with E-state index in [-0.39, 0.29) is 10.6 Å². The van der Waals surface area contributed by atoms with E-state index in [0.29, 0.717) is 5.56 Å². The monoisotopic (exact) mass is 335 g/mol. The van der Waals surface area contributed by atoms with Crippen molar-refractivity contribution in [3.05, 3.63) is 66.0 Å². The third kappa shape index (κ3) is 4.40. The summed E-state index contributed by atoms with van der Waals surface area (Å²) in [5.41, 5.74) is 0.352. The lowest BCUT2D eigenvalue weighted by molar-refractivity contribution is -0.134. The van der Waals surface area contributed by atoms with Gasteiger partial charge in [-0.05, 0) is 42.0 Å². The van der Waals surface area contributed by atoms with Crippen molar-refractivity contribution in [2.45, 2.75) is 4.90 Å². The Balaban J connectivity index is 2.37. The van der Waals surface area contributed by atoms with Crippen LogP contribution in [0, 0.1) is 5.82 Å². The molecule has 5 nitrogen and oxygen atoms in total. The molecule has 0 bridgehead atoms. The molecule has 0 aliphatic carbocycles. The van der Waals surface area contributed by atoms with Gasteiger partial charge in [0.2, 0.25) is 0 Å². The Hall–Kier alpha value is -2.67. The molecule has 7 heteroatoms. The third-order valence-electron chi connectivity index (χ3n) is 2.91. The SMILES string of the molecule is COC(=O)/C=C/c1ccc(F)cc1NS(=O)(=O)c1ccccc1. The molecule has 1 N–H and O–H groups in total. The van der Waals surface area contributed by atoms with Crippen LogP contribution in [0.25, 0.3) is 6.08 Å². The van der Waals surface area contributed by atoms with Crippen molar-refractivity contribution in [3.63, 3.8) is 0 Å². The fraction of sp³-hybridized carbons (Fsp3) is 0.0625. The average Bonchev–Trinajstić information content (AvgIpc) is 2.54. The first kappa shape index (κ1) is 16.7. The van der Waals surface area contributed by atoms with Gasteiger partial charge >= 0.3 is 5.97 Å². The molecule has 0 aliphatic heterocycles. The summed E-state index contributed by atoms with van der Waals surface area (Å²) in [5, 5.41) is 0. The predicted octanol–water partition coefficient (Wildman–Crippen LogP) is 2.81. The van der Waals surface area contributed by atoms with Gasteiger partial charge in [0.25, 0.3) is 10.0 Å². The van der Waals surface area contributed by atoms with E-state index < -0.39 is 21.8 Å². The molecule has 0 aliphatic rings. The maximum absolute atomic E-state index is 13.4. The van der Waals surface area contributed by atoms with Crippen molar-refractivity contribution in [1.29, 1.82) is 0 Å². The normalized spacial score (nSPS) is 11.4. The Morgan fingerprint density at radius 1 is 1.17 bits per heavy atom. The van der Waals surface area contributed by atoms with Gasteiger partial charge in [-0.1, -0.05) is 18.2 Å². The number of anilines is 1. The van der Waals surface area contributed by atoms with Gasteiger partial charge in [0.15, 0.2) is 0 Å². The first-order valence-corrected chi connectivity index (χ1v) is 8.04. The van der Waals surface area contributed by atoms with Crippen LogP contribution in [0.4, 0.5) is 10.1 Å². The van der Waals surface area contributed by atoms with Crippen molar-refractivity contribution in [2.24, 2.45) is 0 Å². The molecule has 120 valence electrons. The average molecular weight is 335 g/mol. The van der Waals surface area contributed by atoms with Gasteiger partial charge in [-0.15, -0.1) is 0 Å². The number of carbonyl (C=O) groups is 1. The molecule has 0 saturated carbocycles. The van der Waals surface area contributed by atoms with Crippen LogP contribution >= 0.6 is 0 Å². The van der Waals surface area contributed by atoms with Crippen molar-refractivity contribution < 1.29 is 22.3 Å². The van der Waals surface area contributed by atoms with Crippen LogP contribution in [0.1, 0.15) is 5.56 Å². The molecule has 0 unspecified atom stereocenters. The highest BCUT2D eigenvalue weighted by molar-refractivity contribution is 7.92. The lowest BCUT2D eigenvalue weighted by Gasteiger charge is -2.11. The number of ether oxygens (including phenoxy) is 1. The van der Waals surface area contributed by atoms with Gasteiger partial charge < -0.3 is 4.74 Å². The second-order valence-electron chi connectivity index (χ2n) is 4.51. The highest BCUT2D eigenvalue weighted by atomic mass is 32.2. The number of hydrogen-bond donors (Lipinski definition) is 1. The summed E-state index contributed by atoms with van der Waals surface area (Å²) >= 11 is 0. The Morgan fingerprint density at radius 3 is 2.52 bits per heavy atom. The van der Waals surface area contributed by atoms with Crippen molar-refractivity contribution >= 4 is 27.8 Å². The Kier molecular flexibility index (Phi) is 5.13. The molecule has 0 aromatic heterocycles. The Morgan fingerprint density at radius 2 is 1.87 bits per heavy atom. The summed E-state index contributed by atoms with van der Waals surface area (Å²) in [5.74, 6) is -1.21. The number of esters is 1. The smallest absolute Gasteiger partial charge is 0.330 e. The summed E-state index contributed by atoms with van der Waals surface area (Å²) in [7, 11) is -2.64. The number of benzene rings is 2. The highest BCUT2D eigenvalue weighted by Crippen LogP contribution is 2.22. The number of nitrogens with one attached hydrogen (secondary N) is 1. The number of halogens is 1.